The van der Waals surface area contributed by atoms with Gasteiger partial charge in [0.15, 0.2) is 5.13 Å². The predicted octanol–water partition coefficient (Wildman–Crippen LogP) is 5.19. The number of benzene rings is 1. The van der Waals surface area contributed by atoms with Crippen molar-refractivity contribution >= 4 is 39.6 Å². The second kappa shape index (κ2) is 8.88. The van der Waals surface area contributed by atoms with Gasteiger partial charge in [-0.1, -0.05) is 32.0 Å². The van der Waals surface area contributed by atoms with Gasteiger partial charge in [0.2, 0.25) is 5.91 Å². The molecule has 1 atom stereocenters. The molecule has 3 rings (SSSR count). The van der Waals surface area contributed by atoms with Crippen LogP contribution in [0, 0.1) is 26.7 Å². The van der Waals surface area contributed by atoms with Crippen molar-refractivity contribution in [2.75, 3.05) is 5.32 Å². The Morgan fingerprint density at radius 1 is 1.10 bits per heavy atom. The monoisotopic (exact) mass is 427 g/mol. The van der Waals surface area contributed by atoms with Gasteiger partial charge in [-0.2, -0.15) is 0 Å². The van der Waals surface area contributed by atoms with Gasteiger partial charge in [0.1, 0.15) is 6.04 Å². The van der Waals surface area contributed by atoms with E-state index in [1.807, 2.05) is 44.4 Å². The molecule has 0 spiro atoms. The van der Waals surface area contributed by atoms with E-state index in [0.29, 0.717) is 10.7 Å². The first kappa shape index (κ1) is 21.2. The SMILES string of the molecule is Cc1cc(-c2csc(NC(=O)[C@@H](NC(=O)c3ccccc3C)C(C)C)n2)c(C)s1. The van der Waals surface area contributed by atoms with Crippen molar-refractivity contribution in [2.45, 2.75) is 40.7 Å². The Kier molecular flexibility index (Phi) is 6.49. The summed E-state index contributed by atoms with van der Waals surface area (Å²) in [6.07, 6.45) is 0. The minimum Gasteiger partial charge on any atom is -0.340 e. The van der Waals surface area contributed by atoms with Gasteiger partial charge < -0.3 is 10.6 Å². The van der Waals surface area contributed by atoms with Crippen molar-refractivity contribution in [3.05, 3.63) is 56.6 Å². The molecule has 7 heteroatoms. The summed E-state index contributed by atoms with van der Waals surface area (Å²) in [5.41, 5.74) is 3.40. The van der Waals surface area contributed by atoms with Crippen LogP contribution in [0.25, 0.3) is 11.3 Å². The number of hydrogen-bond acceptors (Lipinski definition) is 5. The van der Waals surface area contributed by atoms with Gasteiger partial charge >= 0.3 is 0 Å². The van der Waals surface area contributed by atoms with Crippen molar-refractivity contribution in [1.82, 2.24) is 10.3 Å². The normalized spacial score (nSPS) is 12.1. The molecular formula is C22H25N3O2S2. The summed E-state index contributed by atoms with van der Waals surface area (Å²) in [7, 11) is 0. The quantitative estimate of drug-likeness (QED) is 0.569. The molecule has 2 amide bonds. The third-order valence-electron chi connectivity index (χ3n) is 4.68. The fourth-order valence-electron chi connectivity index (χ4n) is 3.10. The Balaban J connectivity index is 1.73. The van der Waals surface area contributed by atoms with E-state index < -0.39 is 6.04 Å². The summed E-state index contributed by atoms with van der Waals surface area (Å²) in [5, 5.41) is 8.22. The fraction of sp³-hybridized carbons (Fsp3) is 0.318. The summed E-state index contributed by atoms with van der Waals surface area (Å²) in [6.45, 7) is 9.84. The highest BCUT2D eigenvalue weighted by atomic mass is 32.1. The van der Waals surface area contributed by atoms with Crippen molar-refractivity contribution in [3.63, 3.8) is 0 Å². The van der Waals surface area contributed by atoms with Crippen LogP contribution in [0.5, 0.6) is 0 Å². The van der Waals surface area contributed by atoms with Crippen molar-refractivity contribution in [3.8, 4) is 11.3 Å². The Morgan fingerprint density at radius 2 is 1.83 bits per heavy atom. The van der Waals surface area contributed by atoms with E-state index in [1.165, 1.54) is 21.1 Å². The number of rotatable bonds is 6. The van der Waals surface area contributed by atoms with Gasteiger partial charge in [-0.3, -0.25) is 9.59 Å². The van der Waals surface area contributed by atoms with Crippen LogP contribution in [-0.2, 0) is 4.79 Å². The number of thiophene rings is 1. The van der Waals surface area contributed by atoms with E-state index in [2.05, 4.69) is 35.5 Å². The smallest absolute Gasteiger partial charge is 0.252 e. The second-order valence-corrected chi connectivity index (χ2v) is 9.68. The highest BCUT2D eigenvalue weighted by Gasteiger charge is 2.26. The first-order valence-corrected chi connectivity index (χ1v) is 11.2. The lowest BCUT2D eigenvalue weighted by atomic mass is 10.0. The van der Waals surface area contributed by atoms with Gasteiger partial charge in [0.25, 0.3) is 5.91 Å². The van der Waals surface area contributed by atoms with Crippen LogP contribution >= 0.6 is 22.7 Å². The molecule has 0 unspecified atom stereocenters. The number of thiazole rings is 1. The van der Waals surface area contributed by atoms with Gasteiger partial charge in [-0.15, -0.1) is 22.7 Å². The summed E-state index contributed by atoms with van der Waals surface area (Å²) in [4.78, 5) is 32.5. The molecule has 0 saturated heterocycles. The molecule has 0 radical (unpaired) electrons. The van der Waals surface area contributed by atoms with Crippen LogP contribution in [0.1, 0.15) is 39.5 Å². The first-order chi connectivity index (χ1) is 13.8. The van der Waals surface area contributed by atoms with Crippen LogP contribution in [-0.4, -0.2) is 22.8 Å². The molecule has 0 aliphatic heterocycles. The van der Waals surface area contributed by atoms with Crippen molar-refractivity contribution in [2.24, 2.45) is 5.92 Å². The van der Waals surface area contributed by atoms with Crippen LogP contribution in [0.2, 0.25) is 0 Å². The van der Waals surface area contributed by atoms with Crippen LogP contribution in [0.3, 0.4) is 0 Å². The van der Waals surface area contributed by atoms with Gasteiger partial charge in [-0.05, 0) is 44.4 Å². The molecule has 0 fully saturated rings. The Labute approximate surface area is 179 Å². The molecule has 3 aromatic rings. The third kappa shape index (κ3) is 4.92. The van der Waals surface area contributed by atoms with E-state index in [9.17, 15) is 9.59 Å². The van der Waals surface area contributed by atoms with E-state index in [0.717, 1.165) is 16.8 Å². The van der Waals surface area contributed by atoms with Crippen LogP contribution in [0.15, 0.2) is 35.7 Å². The number of carbonyl (C=O) groups excluding carboxylic acids is 2. The first-order valence-electron chi connectivity index (χ1n) is 9.46. The third-order valence-corrected chi connectivity index (χ3v) is 6.40. The molecule has 1 aromatic carbocycles. The highest BCUT2D eigenvalue weighted by molar-refractivity contribution is 7.14. The zero-order valence-corrected chi connectivity index (χ0v) is 18.8. The molecule has 0 saturated carbocycles. The number of amides is 2. The number of aromatic nitrogens is 1. The fourth-order valence-corrected chi connectivity index (χ4v) is 4.75. The van der Waals surface area contributed by atoms with Gasteiger partial charge in [-0.25, -0.2) is 4.98 Å². The number of hydrogen-bond donors (Lipinski definition) is 2. The molecular weight excluding hydrogens is 402 g/mol. The zero-order chi connectivity index (χ0) is 21.1. The molecule has 0 aliphatic rings. The average molecular weight is 428 g/mol. The number of nitrogens with one attached hydrogen (secondary N) is 2. The summed E-state index contributed by atoms with van der Waals surface area (Å²) in [6, 6.07) is 8.80. The van der Waals surface area contributed by atoms with E-state index in [-0.39, 0.29) is 17.7 Å². The maximum absolute atomic E-state index is 12.9. The molecule has 0 aliphatic carbocycles. The van der Waals surface area contributed by atoms with E-state index >= 15 is 0 Å². The van der Waals surface area contributed by atoms with Crippen LogP contribution < -0.4 is 10.6 Å². The lowest BCUT2D eigenvalue weighted by Gasteiger charge is -2.21. The highest BCUT2D eigenvalue weighted by Crippen LogP contribution is 2.32. The molecule has 29 heavy (non-hydrogen) atoms. The van der Waals surface area contributed by atoms with E-state index in [4.69, 9.17) is 0 Å². The predicted molar refractivity (Wildman–Crippen MR) is 121 cm³/mol. The Morgan fingerprint density at radius 3 is 2.45 bits per heavy atom. The topological polar surface area (TPSA) is 71.1 Å². The molecule has 152 valence electrons. The maximum atomic E-state index is 12.9. The lowest BCUT2D eigenvalue weighted by molar-refractivity contribution is -0.118. The molecule has 0 bridgehead atoms. The standard InChI is InChI=1S/C22H25N3O2S2/c1-12(2)19(24-20(26)16-9-7-6-8-13(16)3)21(27)25-22-23-18(11-28-22)17-10-14(4)29-15(17)5/h6-12,19H,1-5H3,(H,24,26)(H,23,25,27)/t19-/m0/s1. The summed E-state index contributed by atoms with van der Waals surface area (Å²) in [5.74, 6) is -0.577. The summed E-state index contributed by atoms with van der Waals surface area (Å²) >= 11 is 3.12. The minimum absolute atomic E-state index is 0.0656. The Bertz CT molecular complexity index is 1040. The maximum Gasteiger partial charge on any atom is 0.252 e. The molecule has 2 N–H and O–H groups in total. The van der Waals surface area contributed by atoms with Gasteiger partial charge in [0, 0.05) is 26.3 Å². The zero-order valence-electron chi connectivity index (χ0n) is 17.2. The van der Waals surface area contributed by atoms with Crippen molar-refractivity contribution < 1.29 is 9.59 Å². The molecule has 2 heterocycles. The van der Waals surface area contributed by atoms with Crippen molar-refractivity contribution in [1.29, 1.82) is 0 Å². The van der Waals surface area contributed by atoms with Gasteiger partial charge in [0.05, 0.1) is 5.69 Å². The average Bonchev–Trinajstić information content (AvgIpc) is 3.25. The number of aryl methyl sites for hydroxylation is 3. The second-order valence-electron chi connectivity index (χ2n) is 7.36. The lowest BCUT2D eigenvalue weighted by Crippen LogP contribution is -2.47. The molecule has 5 nitrogen and oxygen atoms in total. The molecule has 2 aromatic heterocycles. The Hall–Kier alpha value is -2.51. The number of nitrogens with zero attached hydrogens (tertiary/aromatic N) is 1. The summed E-state index contributed by atoms with van der Waals surface area (Å²) < 4.78 is 0. The number of carbonyl (C=O) groups is 2. The largest absolute Gasteiger partial charge is 0.340 e. The number of anilines is 1. The minimum atomic E-state index is -0.653. The van der Waals surface area contributed by atoms with E-state index in [1.54, 1.807) is 17.4 Å². The van der Waals surface area contributed by atoms with Crippen LogP contribution in [0.4, 0.5) is 5.13 Å².